The Morgan fingerprint density at radius 2 is 1.71 bits per heavy atom. The van der Waals surface area contributed by atoms with E-state index in [-0.39, 0.29) is 5.91 Å². The largest absolute Gasteiger partial charge is 0.369 e. The van der Waals surface area contributed by atoms with Crippen molar-refractivity contribution in [3.63, 3.8) is 0 Å². The summed E-state index contributed by atoms with van der Waals surface area (Å²) >= 11 is 6.12. The fourth-order valence-corrected chi connectivity index (χ4v) is 4.24. The summed E-state index contributed by atoms with van der Waals surface area (Å²) in [5.74, 6) is 1.27. The molecule has 1 saturated carbocycles. The molecule has 0 unspecified atom stereocenters. The molecule has 0 spiro atoms. The predicted octanol–water partition coefficient (Wildman–Crippen LogP) is 4.16. The number of carbonyl (C=O) groups is 1. The van der Waals surface area contributed by atoms with Crippen molar-refractivity contribution in [1.82, 2.24) is 14.7 Å². The molecule has 2 aliphatic rings. The maximum absolute atomic E-state index is 12.8. The van der Waals surface area contributed by atoms with Crippen LogP contribution in [0.2, 0.25) is 5.02 Å². The summed E-state index contributed by atoms with van der Waals surface area (Å²) in [6, 6.07) is 19.9. The van der Waals surface area contributed by atoms with Gasteiger partial charge >= 0.3 is 0 Å². The van der Waals surface area contributed by atoms with E-state index in [9.17, 15) is 4.79 Å². The third-order valence-corrected chi connectivity index (χ3v) is 6.14. The van der Waals surface area contributed by atoms with E-state index in [2.05, 4.69) is 21.2 Å². The molecule has 1 saturated heterocycles. The Labute approximate surface area is 187 Å². The Kier molecular flexibility index (Phi) is 5.66. The summed E-state index contributed by atoms with van der Waals surface area (Å²) in [4.78, 5) is 17.3. The van der Waals surface area contributed by atoms with Crippen molar-refractivity contribution >= 4 is 29.0 Å². The Morgan fingerprint density at radius 1 is 0.968 bits per heavy atom. The predicted molar refractivity (Wildman–Crippen MR) is 124 cm³/mol. The molecular weight excluding hydrogens is 410 g/mol. The van der Waals surface area contributed by atoms with Gasteiger partial charge in [0.25, 0.3) is 0 Å². The summed E-state index contributed by atoms with van der Waals surface area (Å²) in [6.07, 6.45) is 2.35. The Balaban J connectivity index is 1.21. The van der Waals surface area contributed by atoms with Gasteiger partial charge in [0.05, 0.1) is 17.9 Å². The van der Waals surface area contributed by atoms with Gasteiger partial charge in [-0.15, -0.1) is 0 Å². The monoisotopic (exact) mass is 435 g/mol. The molecule has 6 nitrogen and oxygen atoms in total. The van der Waals surface area contributed by atoms with Gasteiger partial charge in [0.2, 0.25) is 5.91 Å². The zero-order valence-corrected chi connectivity index (χ0v) is 18.1. The van der Waals surface area contributed by atoms with E-state index < -0.39 is 0 Å². The number of hydrogen-bond donors (Lipinski definition) is 1. The first-order chi connectivity index (χ1) is 15.2. The van der Waals surface area contributed by atoms with Gasteiger partial charge in [-0.25, -0.2) is 4.68 Å². The van der Waals surface area contributed by atoms with E-state index in [1.807, 2.05) is 59.3 Å². The number of benzene rings is 2. The highest BCUT2D eigenvalue weighted by molar-refractivity contribution is 6.30. The van der Waals surface area contributed by atoms with Crippen LogP contribution in [0.3, 0.4) is 0 Å². The minimum absolute atomic E-state index is 0.00404. The minimum Gasteiger partial charge on any atom is -0.369 e. The van der Waals surface area contributed by atoms with Crippen LogP contribution < -0.4 is 10.2 Å². The molecule has 31 heavy (non-hydrogen) atoms. The molecular formula is C24H26ClN5O. The van der Waals surface area contributed by atoms with Crippen LogP contribution in [0, 0.1) is 0 Å². The number of anilines is 2. The molecule has 0 radical (unpaired) electrons. The second-order valence-electron chi connectivity index (χ2n) is 8.27. The molecule has 0 atom stereocenters. The quantitative estimate of drug-likeness (QED) is 0.631. The highest BCUT2D eigenvalue weighted by Gasteiger charge is 2.28. The number of nitrogens with one attached hydrogen (secondary N) is 1. The normalized spacial score (nSPS) is 17.0. The van der Waals surface area contributed by atoms with Gasteiger partial charge in [0, 0.05) is 48.9 Å². The van der Waals surface area contributed by atoms with E-state index in [1.165, 1.54) is 12.8 Å². The molecule has 2 heterocycles. The first kappa shape index (κ1) is 20.1. The first-order valence-corrected chi connectivity index (χ1v) is 11.2. The second-order valence-corrected chi connectivity index (χ2v) is 8.70. The lowest BCUT2D eigenvalue weighted by Crippen LogP contribution is -2.48. The van der Waals surface area contributed by atoms with E-state index in [0.717, 1.165) is 54.1 Å². The summed E-state index contributed by atoms with van der Waals surface area (Å²) in [5.41, 5.74) is 3.16. The minimum atomic E-state index is -0.00404. The molecule has 1 N–H and O–H groups in total. The van der Waals surface area contributed by atoms with Gasteiger partial charge in [-0.1, -0.05) is 35.9 Å². The maximum Gasteiger partial charge on any atom is 0.239 e. The zero-order chi connectivity index (χ0) is 21.2. The highest BCUT2D eigenvalue weighted by atomic mass is 35.5. The molecule has 7 heteroatoms. The standard InChI is InChI=1S/C24H26ClN5O/c25-19-5-4-8-21(15-19)29-13-11-28(12-14-29)17-24(31)26-23-16-22(18-9-10-18)27-30(23)20-6-2-1-3-7-20/h1-8,15-16,18H,9-14,17H2,(H,26,31). The molecule has 0 bridgehead atoms. The summed E-state index contributed by atoms with van der Waals surface area (Å²) in [6.45, 7) is 3.81. The van der Waals surface area contributed by atoms with Gasteiger partial charge in [0.15, 0.2) is 0 Å². The summed E-state index contributed by atoms with van der Waals surface area (Å²) in [5, 5.41) is 8.61. The second kappa shape index (κ2) is 8.73. The molecule has 2 aromatic carbocycles. The number of piperazine rings is 1. The van der Waals surface area contributed by atoms with E-state index >= 15 is 0 Å². The Morgan fingerprint density at radius 3 is 2.42 bits per heavy atom. The average molecular weight is 436 g/mol. The highest BCUT2D eigenvalue weighted by Crippen LogP contribution is 2.40. The van der Waals surface area contributed by atoms with Crippen LogP contribution in [0.4, 0.5) is 11.5 Å². The lowest BCUT2D eigenvalue weighted by molar-refractivity contribution is -0.117. The number of halogens is 1. The van der Waals surface area contributed by atoms with Crippen LogP contribution in [-0.4, -0.2) is 53.3 Å². The Bertz CT molecular complexity index is 1050. The van der Waals surface area contributed by atoms with E-state index in [0.29, 0.717) is 12.5 Å². The van der Waals surface area contributed by atoms with Crippen LogP contribution in [0.25, 0.3) is 5.69 Å². The van der Waals surface area contributed by atoms with Crippen LogP contribution in [0.1, 0.15) is 24.5 Å². The molecule has 160 valence electrons. The van der Waals surface area contributed by atoms with Gasteiger partial charge in [-0.3, -0.25) is 9.69 Å². The number of nitrogens with zero attached hydrogens (tertiary/aromatic N) is 4. The third kappa shape index (κ3) is 4.75. The number of rotatable bonds is 6. The van der Waals surface area contributed by atoms with Crippen molar-refractivity contribution in [2.24, 2.45) is 0 Å². The van der Waals surface area contributed by atoms with Gasteiger partial charge in [-0.05, 0) is 43.2 Å². The van der Waals surface area contributed by atoms with Gasteiger partial charge in [-0.2, -0.15) is 5.10 Å². The molecule has 5 rings (SSSR count). The van der Waals surface area contributed by atoms with Crippen molar-refractivity contribution in [3.8, 4) is 5.69 Å². The summed E-state index contributed by atoms with van der Waals surface area (Å²) < 4.78 is 1.85. The van der Waals surface area contributed by atoms with Crippen molar-refractivity contribution in [3.05, 3.63) is 71.4 Å². The number of hydrogen-bond acceptors (Lipinski definition) is 4. The molecule has 1 aliphatic heterocycles. The van der Waals surface area contributed by atoms with Crippen molar-refractivity contribution in [1.29, 1.82) is 0 Å². The average Bonchev–Trinajstić information content (AvgIpc) is 3.55. The zero-order valence-electron chi connectivity index (χ0n) is 17.4. The lowest BCUT2D eigenvalue weighted by Gasteiger charge is -2.35. The van der Waals surface area contributed by atoms with Crippen molar-refractivity contribution < 1.29 is 4.79 Å². The SMILES string of the molecule is O=C(CN1CCN(c2cccc(Cl)c2)CC1)Nc1cc(C2CC2)nn1-c1ccccc1. The smallest absolute Gasteiger partial charge is 0.239 e. The molecule has 1 amide bonds. The van der Waals surface area contributed by atoms with Crippen LogP contribution in [0.15, 0.2) is 60.7 Å². The molecule has 2 fully saturated rings. The summed E-state index contributed by atoms with van der Waals surface area (Å²) in [7, 11) is 0. The topological polar surface area (TPSA) is 53.4 Å². The number of amides is 1. The number of carbonyl (C=O) groups excluding carboxylic acids is 1. The number of aromatic nitrogens is 2. The maximum atomic E-state index is 12.8. The first-order valence-electron chi connectivity index (χ1n) is 10.8. The van der Waals surface area contributed by atoms with Crippen LogP contribution in [-0.2, 0) is 4.79 Å². The lowest BCUT2D eigenvalue weighted by atomic mass is 10.2. The van der Waals surface area contributed by atoms with Crippen molar-refractivity contribution in [2.45, 2.75) is 18.8 Å². The fraction of sp³-hybridized carbons (Fsp3) is 0.333. The van der Waals surface area contributed by atoms with Crippen LogP contribution >= 0.6 is 11.6 Å². The number of para-hydroxylation sites is 1. The Hall–Kier alpha value is -2.83. The third-order valence-electron chi connectivity index (χ3n) is 5.90. The fourth-order valence-electron chi connectivity index (χ4n) is 4.06. The van der Waals surface area contributed by atoms with Gasteiger partial charge in [0.1, 0.15) is 5.82 Å². The van der Waals surface area contributed by atoms with Crippen molar-refractivity contribution in [2.75, 3.05) is 42.9 Å². The van der Waals surface area contributed by atoms with Gasteiger partial charge < -0.3 is 10.2 Å². The molecule has 1 aliphatic carbocycles. The molecule has 1 aromatic heterocycles. The van der Waals surface area contributed by atoms with E-state index in [1.54, 1.807) is 0 Å². The van der Waals surface area contributed by atoms with Crippen LogP contribution in [0.5, 0.6) is 0 Å². The van der Waals surface area contributed by atoms with E-state index in [4.69, 9.17) is 16.7 Å². The molecule has 3 aromatic rings.